The van der Waals surface area contributed by atoms with E-state index in [1.54, 1.807) is 11.1 Å². The van der Waals surface area contributed by atoms with Gasteiger partial charge in [0, 0.05) is 38.1 Å². The van der Waals surface area contributed by atoms with Crippen LogP contribution in [0.1, 0.15) is 40.5 Å². The molecule has 1 aliphatic heterocycles. The number of hydrogen-bond acceptors (Lipinski definition) is 4. The molecule has 0 aliphatic carbocycles. The number of carbonyl (C=O) groups excluding carboxylic acids is 1. The summed E-state index contributed by atoms with van der Waals surface area (Å²) in [6.07, 6.45) is 5.95. The Balaban J connectivity index is 1.71. The average molecular weight is 342 g/mol. The van der Waals surface area contributed by atoms with Crippen LogP contribution in [-0.4, -0.2) is 51.7 Å². The second-order valence-electron chi connectivity index (χ2n) is 6.57. The van der Waals surface area contributed by atoms with Crippen LogP contribution in [0, 0.1) is 0 Å². The summed E-state index contributed by atoms with van der Waals surface area (Å²) in [5.41, 5.74) is 1.93. The first-order valence-electron chi connectivity index (χ1n) is 8.86. The lowest BCUT2D eigenvalue weighted by Gasteiger charge is -2.24. The van der Waals surface area contributed by atoms with Gasteiger partial charge in [0.1, 0.15) is 5.82 Å². The highest BCUT2D eigenvalue weighted by molar-refractivity contribution is 5.94. The molecular weight excluding hydrogens is 316 g/mol. The van der Waals surface area contributed by atoms with Crippen LogP contribution in [0.4, 0.5) is 0 Å². The first-order valence-corrected chi connectivity index (χ1v) is 8.86. The molecule has 134 valence electrons. The van der Waals surface area contributed by atoms with Crippen molar-refractivity contribution in [3.8, 4) is 0 Å². The van der Waals surface area contributed by atoms with E-state index in [9.17, 15) is 9.90 Å². The Hall–Kier alpha value is -2.18. The van der Waals surface area contributed by atoms with E-state index in [2.05, 4.69) is 22.4 Å². The predicted octanol–water partition coefficient (Wildman–Crippen LogP) is 1.52. The minimum Gasteiger partial charge on any atom is -0.395 e. The maximum atomic E-state index is 12.8. The number of aromatic nitrogens is 2. The minimum absolute atomic E-state index is 0.0675. The molecule has 1 aliphatic rings. The molecule has 0 radical (unpaired) electrons. The van der Waals surface area contributed by atoms with Crippen LogP contribution in [0.15, 0.2) is 36.7 Å². The Morgan fingerprint density at radius 1 is 1.40 bits per heavy atom. The number of aliphatic hydroxyl groups excluding tert-OH is 1. The highest BCUT2D eigenvalue weighted by Crippen LogP contribution is 2.23. The van der Waals surface area contributed by atoms with E-state index >= 15 is 0 Å². The summed E-state index contributed by atoms with van der Waals surface area (Å²) < 4.78 is 1.89. The average Bonchev–Trinajstić information content (AvgIpc) is 3.06. The van der Waals surface area contributed by atoms with E-state index < -0.39 is 0 Å². The number of piperidine rings is 1. The van der Waals surface area contributed by atoms with Crippen molar-refractivity contribution in [1.29, 1.82) is 0 Å². The third-order valence-electron chi connectivity index (χ3n) is 4.84. The van der Waals surface area contributed by atoms with Crippen molar-refractivity contribution >= 4 is 5.91 Å². The van der Waals surface area contributed by atoms with Crippen LogP contribution >= 0.6 is 0 Å². The highest BCUT2D eigenvalue weighted by atomic mass is 16.3. The fourth-order valence-corrected chi connectivity index (χ4v) is 3.31. The van der Waals surface area contributed by atoms with Crippen LogP contribution in [0.2, 0.25) is 0 Å². The molecule has 0 bridgehead atoms. The van der Waals surface area contributed by atoms with E-state index in [1.807, 2.05) is 29.9 Å². The molecule has 6 heteroatoms. The quantitative estimate of drug-likeness (QED) is 0.835. The monoisotopic (exact) mass is 342 g/mol. The molecule has 1 aromatic carbocycles. The highest BCUT2D eigenvalue weighted by Gasteiger charge is 2.19. The van der Waals surface area contributed by atoms with Crippen LogP contribution in [0.25, 0.3) is 0 Å². The zero-order chi connectivity index (χ0) is 17.6. The van der Waals surface area contributed by atoms with Crippen LogP contribution in [0.5, 0.6) is 0 Å². The Labute approximate surface area is 148 Å². The first kappa shape index (κ1) is 17.6. The number of nitrogens with one attached hydrogen (secondary N) is 1. The molecule has 1 amide bonds. The van der Waals surface area contributed by atoms with Gasteiger partial charge in [-0.3, -0.25) is 4.79 Å². The minimum atomic E-state index is -0.0784. The van der Waals surface area contributed by atoms with Gasteiger partial charge >= 0.3 is 0 Å². The van der Waals surface area contributed by atoms with Crippen molar-refractivity contribution in [2.75, 3.05) is 26.2 Å². The molecule has 6 nitrogen and oxygen atoms in total. The fourth-order valence-electron chi connectivity index (χ4n) is 3.31. The number of rotatable bonds is 6. The lowest BCUT2D eigenvalue weighted by atomic mass is 9.91. The molecule has 2 N–H and O–H groups in total. The van der Waals surface area contributed by atoms with Crippen molar-refractivity contribution in [2.24, 2.45) is 7.05 Å². The molecule has 1 fully saturated rings. The summed E-state index contributed by atoms with van der Waals surface area (Å²) in [7, 11) is 1.90. The Kier molecular flexibility index (Phi) is 5.83. The Morgan fingerprint density at radius 2 is 2.20 bits per heavy atom. The van der Waals surface area contributed by atoms with Gasteiger partial charge in [-0.15, -0.1) is 0 Å². The summed E-state index contributed by atoms with van der Waals surface area (Å²) in [6, 6.07) is 7.91. The molecule has 1 aromatic heterocycles. The number of nitrogens with zero attached hydrogens (tertiary/aromatic N) is 3. The molecule has 1 atom stereocenters. The number of hydrogen-bond donors (Lipinski definition) is 2. The van der Waals surface area contributed by atoms with Gasteiger partial charge in [0.25, 0.3) is 5.91 Å². The second kappa shape index (κ2) is 8.27. The second-order valence-corrected chi connectivity index (χ2v) is 6.57. The van der Waals surface area contributed by atoms with E-state index in [4.69, 9.17) is 0 Å². The van der Waals surface area contributed by atoms with Crippen LogP contribution < -0.4 is 5.32 Å². The van der Waals surface area contributed by atoms with Crippen LogP contribution in [-0.2, 0) is 13.6 Å². The largest absolute Gasteiger partial charge is 0.395 e. The number of aryl methyl sites for hydroxylation is 1. The third kappa shape index (κ3) is 4.27. The van der Waals surface area contributed by atoms with Gasteiger partial charge in [-0.25, -0.2) is 4.98 Å². The smallest absolute Gasteiger partial charge is 0.254 e. The van der Waals surface area contributed by atoms with E-state index in [0.717, 1.165) is 18.9 Å². The molecular formula is C19H26N4O2. The standard InChI is InChI=1S/C19H26N4O2/c1-22-10-9-21-18(22)14-23(11-12-24)19(25)16-6-4-15(5-7-16)17-3-2-8-20-13-17/h4-7,9-10,17,20,24H,2-3,8,11-14H2,1H3/t17-/m1/s1. The van der Waals surface area contributed by atoms with Gasteiger partial charge in [-0.1, -0.05) is 12.1 Å². The van der Waals surface area contributed by atoms with E-state index in [-0.39, 0.29) is 12.5 Å². The van der Waals surface area contributed by atoms with Crippen molar-refractivity contribution in [3.05, 3.63) is 53.6 Å². The first-order chi connectivity index (χ1) is 12.2. The molecule has 0 unspecified atom stereocenters. The molecule has 0 saturated carbocycles. The molecule has 25 heavy (non-hydrogen) atoms. The lowest BCUT2D eigenvalue weighted by molar-refractivity contribution is 0.0701. The lowest BCUT2D eigenvalue weighted by Crippen LogP contribution is -2.34. The van der Waals surface area contributed by atoms with E-state index in [0.29, 0.717) is 24.6 Å². The van der Waals surface area contributed by atoms with Crippen molar-refractivity contribution < 1.29 is 9.90 Å². The number of benzene rings is 1. The number of amides is 1. The third-order valence-corrected chi connectivity index (χ3v) is 4.84. The van der Waals surface area contributed by atoms with Crippen LogP contribution in [0.3, 0.4) is 0 Å². The van der Waals surface area contributed by atoms with Gasteiger partial charge < -0.3 is 19.9 Å². The Bertz CT molecular complexity index is 690. The van der Waals surface area contributed by atoms with Gasteiger partial charge in [-0.05, 0) is 43.0 Å². The SMILES string of the molecule is Cn1ccnc1CN(CCO)C(=O)c1ccc([C@@H]2CCCNC2)cc1. The molecule has 2 heterocycles. The van der Waals surface area contributed by atoms with Crippen molar-refractivity contribution in [1.82, 2.24) is 19.8 Å². The summed E-state index contributed by atoms with van der Waals surface area (Å²) >= 11 is 0. The summed E-state index contributed by atoms with van der Waals surface area (Å²) in [4.78, 5) is 18.7. The van der Waals surface area contributed by atoms with Crippen molar-refractivity contribution in [2.45, 2.75) is 25.3 Å². The zero-order valence-electron chi connectivity index (χ0n) is 14.7. The van der Waals surface area contributed by atoms with Gasteiger partial charge in [0.2, 0.25) is 0 Å². The fraction of sp³-hybridized carbons (Fsp3) is 0.474. The van der Waals surface area contributed by atoms with E-state index in [1.165, 1.54) is 18.4 Å². The van der Waals surface area contributed by atoms with Crippen molar-refractivity contribution in [3.63, 3.8) is 0 Å². The number of carbonyl (C=O) groups is 1. The predicted molar refractivity (Wildman–Crippen MR) is 96.3 cm³/mol. The van der Waals surface area contributed by atoms with Gasteiger partial charge in [0.15, 0.2) is 0 Å². The molecule has 1 saturated heterocycles. The molecule has 3 rings (SSSR count). The van der Waals surface area contributed by atoms with Gasteiger partial charge in [0.05, 0.1) is 13.2 Å². The summed E-state index contributed by atoms with van der Waals surface area (Å²) in [5, 5.41) is 12.7. The zero-order valence-corrected chi connectivity index (χ0v) is 14.7. The summed E-state index contributed by atoms with van der Waals surface area (Å²) in [6.45, 7) is 2.71. The topological polar surface area (TPSA) is 70.4 Å². The molecule has 0 spiro atoms. The van der Waals surface area contributed by atoms with Gasteiger partial charge in [-0.2, -0.15) is 0 Å². The summed E-state index contributed by atoms with van der Waals surface area (Å²) in [5.74, 6) is 1.25. The number of imidazole rings is 1. The maximum absolute atomic E-state index is 12.8. The number of aliphatic hydroxyl groups is 1. The normalized spacial score (nSPS) is 17.4. The molecule has 2 aromatic rings. The Morgan fingerprint density at radius 3 is 2.80 bits per heavy atom. The maximum Gasteiger partial charge on any atom is 0.254 e.